The molecular weight excluding hydrogens is 485 g/mol. The lowest BCUT2D eigenvalue weighted by Crippen LogP contribution is -2.20. The molecule has 0 amide bonds. The molecule has 0 saturated heterocycles. The molecule has 13 heteroatoms. The van der Waals surface area contributed by atoms with Crippen LogP contribution >= 0.6 is 34.4 Å². The topological polar surface area (TPSA) is 87.0 Å². The lowest BCUT2D eigenvalue weighted by molar-refractivity contribution is 0.151. The number of aliphatic hydroxyl groups is 1. The Morgan fingerprint density at radius 3 is 2.25 bits per heavy atom. The van der Waals surface area contributed by atoms with E-state index in [-0.39, 0.29) is 34.2 Å². The minimum absolute atomic E-state index is 0.0378. The van der Waals surface area contributed by atoms with Crippen LogP contribution in [0.1, 0.15) is 42.1 Å². The van der Waals surface area contributed by atoms with Crippen molar-refractivity contribution in [2.24, 2.45) is 5.92 Å². The predicted octanol–water partition coefficient (Wildman–Crippen LogP) is 4.30. The Kier molecular flexibility index (Phi) is 8.03. The minimum atomic E-state index is -2.53. The molecule has 0 unspecified atom stereocenters. The van der Waals surface area contributed by atoms with Gasteiger partial charge in [-0.1, -0.05) is 24.3 Å². The highest BCUT2D eigenvalue weighted by Crippen LogP contribution is 2.44. The molecule has 0 spiro atoms. The predicted molar refractivity (Wildman–Crippen MR) is 124 cm³/mol. The molecule has 1 aliphatic rings. The standard InChI is InChI=1S/C19H21F2N5O2.BCl3/c1-25(2)19-22-17-14(18(28)23-19)13(9-27)24-26(17)15(10-3-4-10)11-5-7-12(8-6-11)16(20)21;2-1(3)4/h5-8,10,15-16,27H,3-4,9H2,1-2H3,(H,22,23,28);/t15-;/m0./s1. The summed E-state index contributed by atoms with van der Waals surface area (Å²) in [5, 5.41) is 14.4. The monoisotopic (exact) mass is 505 g/mol. The first-order valence-corrected chi connectivity index (χ1v) is 11.0. The molecule has 2 N–H and O–H groups in total. The van der Waals surface area contributed by atoms with E-state index < -0.39 is 18.0 Å². The molecule has 3 aromatic rings. The van der Waals surface area contributed by atoms with Crippen LogP contribution < -0.4 is 10.5 Å². The molecule has 1 fully saturated rings. The highest BCUT2D eigenvalue weighted by molar-refractivity contribution is 7.54. The molecule has 2 aromatic heterocycles. The van der Waals surface area contributed by atoms with Crippen molar-refractivity contribution in [3.05, 3.63) is 51.4 Å². The van der Waals surface area contributed by atoms with Crippen LogP contribution in [0, 0.1) is 5.92 Å². The number of halogens is 5. The van der Waals surface area contributed by atoms with Crippen molar-refractivity contribution in [1.29, 1.82) is 0 Å². The molecule has 172 valence electrons. The van der Waals surface area contributed by atoms with E-state index in [0.717, 1.165) is 18.4 Å². The van der Waals surface area contributed by atoms with Gasteiger partial charge in [0, 0.05) is 19.7 Å². The summed E-state index contributed by atoms with van der Waals surface area (Å²) in [5.41, 5.74) is 1.06. The number of hydrogen-bond acceptors (Lipinski definition) is 5. The Morgan fingerprint density at radius 2 is 1.78 bits per heavy atom. The number of aromatic nitrogens is 4. The number of fused-ring (bicyclic) bond motifs is 1. The van der Waals surface area contributed by atoms with E-state index >= 15 is 0 Å². The van der Waals surface area contributed by atoms with Gasteiger partial charge in [0.15, 0.2) is 5.65 Å². The number of aliphatic hydroxyl groups excluding tert-OH is 1. The number of alkyl halides is 2. The van der Waals surface area contributed by atoms with E-state index in [0.29, 0.717) is 11.6 Å². The molecule has 1 aromatic carbocycles. The van der Waals surface area contributed by atoms with Gasteiger partial charge in [-0.05, 0) is 24.3 Å². The van der Waals surface area contributed by atoms with Crippen LogP contribution in [0.3, 0.4) is 0 Å². The highest BCUT2D eigenvalue weighted by Gasteiger charge is 2.36. The maximum Gasteiger partial charge on any atom is 0.450 e. The van der Waals surface area contributed by atoms with Gasteiger partial charge < -0.3 is 10.0 Å². The quantitative estimate of drug-likeness (QED) is 0.487. The van der Waals surface area contributed by atoms with Crippen molar-refractivity contribution in [3.63, 3.8) is 0 Å². The number of nitrogens with one attached hydrogen (secondary N) is 1. The third-order valence-corrected chi connectivity index (χ3v) is 5.06. The van der Waals surface area contributed by atoms with Gasteiger partial charge in [-0.3, -0.25) is 9.78 Å². The van der Waals surface area contributed by atoms with Crippen molar-refractivity contribution < 1.29 is 13.9 Å². The van der Waals surface area contributed by atoms with Crippen molar-refractivity contribution in [1.82, 2.24) is 19.7 Å². The number of anilines is 1. The van der Waals surface area contributed by atoms with Crippen LogP contribution in [-0.4, -0.2) is 43.9 Å². The average Bonchev–Trinajstić information content (AvgIpc) is 3.49. The van der Waals surface area contributed by atoms with Gasteiger partial charge in [0.25, 0.3) is 12.0 Å². The van der Waals surface area contributed by atoms with Crippen LogP contribution in [0.15, 0.2) is 29.1 Å². The Hall–Kier alpha value is -1.88. The second-order valence-corrected chi connectivity index (χ2v) is 9.51. The highest BCUT2D eigenvalue weighted by atomic mass is 35.6. The fraction of sp³-hybridized carbons (Fsp3) is 0.421. The zero-order chi connectivity index (χ0) is 23.6. The summed E-state index contributed by atoms with van der Waals surface area (Å²) in [6, 6.07) is 5.95. The van der Waals surface area contributed by atoms with E-state index in [1.807, 2.05) is 0 Å². The lowest BCUT2D eigenvalue weighted by Gasteiger charge is -2.19. The Labute approximate surface area is 198 Å². The molecule has 1 aliphatic carbocycles. The van der Waals surface area contributed by atoms with E-state index in [4.69, 9.17) is 34.4 Å². The summed E-state index contributed by atoms with van der Waals surface area (Å²) < 4.78 is 27.5. The van der Waals surface area contributed by atoms with E-state index in [1.165, 1.54) is 12.1 Å². The molecule has 0 aliphatic heterocycles. The molecule has 1 atom stereocenters. The maximum absolute atomic E-state index is 12.9. The fourth-order valence-electron chi connectivity index (χ4n) is 3.48. The van der Waals surface area contributed by atoms with E-state index in [1.54, 1.807) is 35.8 Å². The first-order valence-electron chi connectivity index (χ1n) is 9.73. The smallest absolute Gasteiger partial charge is 0.390 e. The number of benzene rings is 1. The van der Waals surface area contributed by atoms with E-state index in [9.17, 15) is 18.7 Å². The van der Waals surface area contributed by atoms with Crippen LogP contribution in [0.4, 0.5) is 14.7 Å². The van der Waals surface area contributed by atoms with Crippen molar-refractivity contribution in [3.8, 4) is 0 Å². The minimum Gasteiger partial charge on any atom is -0.390 e. The normalized spacial score (nSPS) is 14.3. The van der Waals surface area contributed by atoms with E-state index in [2.05, 4.69) is 15.1 Å². The summed E-state index contributed by atoms with van der Waals surface area (Å²) in [4.78, 5) is 20.8. The van der Waals surface area contributed by atoms with Crippen molar-refractivity contribution >= 4 is 56.3 Å². The molecule has 2 heterocycles. The second kappa shape index (κ2) is 10.4. The van der Waals surface area contributed by atoms with Gasteiger partial charge in [-0.2, -0.15) is 44.5 Å². The second-order valence-electron chi connectivity index (χ2n) is 7.53. The number of rotatable bonds is 6. The molecule has 7 nitrogen and oxygen atoms in total. The summed E-state index contributed by atoms with van der Waals surface area (Å²) in [7, 11) is 3.53. The van der Waals surface area contributed by atoms with Gasteiger partial charge in [0.1, 0.15) is 11.1 Å². The van der Waals surface area contributed by atoms with Gasteiger partial charge >= 0.3 is 4.96 Å². The van der Waals surface area contributed by atoms with Crippen LogP contribution in [0.2, 0.25) is 0 Å². The summed E-state index contributed by atoms with van der Waals surface area (Å²) in [6.07, 6.45) is -0.579. The third kappa shape index (κ3) is 5.54. The summed E-state index contributed by atoms with van der Waals surface area (Å²) in [5.74, 6) is 0.654. The molecule has 4 rings (SSSR count). The van der Waals surface area contributed by atoms with Crippen molar-refractivity contribution in [2.75, 3.05) is 19.0 Å². The van der Waals surface area contributed by atoms with Crippen LogP contribution in [0.5, 0.6) is 0 Å². The lowest BCUT2D eigenvalue weighted by atomic mass is 10.0. The summed E-state index contributed by atoms with van der Waals surface area (Å²) in [6.45, 7) is -0.392. The van der Waals surface area contributed by atoms with Crippen LogP contribution in [0.25, 0.3) is 11.0 Å². The van der Waals surface area contributed by atoms with Gasteiger partial charge in [-0.25, -0.2) is 13.5 Å². The Bertz CT molecular complexity index is 1120. The fourth-order valence-corrected chi connectivity index (χ4v) is 3.48. The number of H-pyrrole nitrogens is 1. The first kappa shape index (κ1) is 24.8. The first-order chi connectivity index (χ1) is 15.1. The largest absolute Gasteiger partial charge is 0.450 e. The van der Waals surface area contributed by atoms with Gasteiger partial charge in [-0.15, -0.1) is 0 Å². The van der Waals surface area contributed by atoms with Gasteiger partial charge in [0.05, 0.1) is 12.6 Å². The number of aromatic amines is 1. The molecular formula is C19H21BCl3F2N5O2. The molecule has 0 radical (unpaired) electrons. The number of nitrogens with zero attached hydrogens (tertiary/aromatic N) is 4. The zero-order valence-corrected chi connectivity index (χ0v) is 19.5. The molecule has 1 saturated carbocycles. The summed E-state index contributed by atoms with van der Waals surface area (Å²) >= 11 is 14.4. The SMILES string of the molecule is CN(C)c1nc2c(c(CO)nn2[C@H](c2ccc(C(F)F)cc2)C2CC2)c(=O)[nH]1.ClB(Cl)Cl. The average molecular weight is 507 g/mol. The maximum atomic E-state index is 12.9. The molecule has 32 heavy (non-hydrogen) atoms. The zero-order valence-electron chi connectivity index (χ0n) is 17.3. The molecule has 0 bridgehead atoms. The number of hydrogen-bond donors (Lipinski definition) is 2. The Balaban J connectivity index is 0.000000668. The van der Waals surface area contributed by atoms with Crippen LogP contribution in [-0.2, 0) is 6.61 Å². The third-order valence-electron chi connectivity index (χ3n) is 5.06. The Morgan fingerprint density at radius 1 is 1.22 bits per heavy atom. The van der Waals surface area contributed by atoms with Gasteiger partial charge in [0.2, 0.25) is 5.95 Å². The van der Waals surface area contributed by atoms with Crippen molar-refractivity contribution in [2.45, 2.75) is 31.9 Å².